The smallest absolute Gasteiger partial charge is 0.406 e. The maximum atomic E-state index is 12.4. The van der Waals surface area contributed by atoms with Crippen molar-refractivity contribution in [3.8, 4) is 5.75 Å². The minimum atomic E-state index is -4.78. The molecule has 0 spiro atoms. The van der Waals surface area contributed by atoms with Gasteiger partial charge in [0.2, 0.25) is 0 Å². The van der Waals surface area contributed by atoms with E-state index in [0.29, 0.717) is 27.9 Å². The first-order valence-electron chi connectivity index (χ1n) is 7.42. The van der Waals surface area contributed by atoms with Crippen molar-refractivity contribution >= 4 is 16.7 Å². The summed E-state index contributed by atoms with van der Waals surface area (Å²) in [6, 6.07) is 10.6. The second kappa shape index (κ2) is 6.51. The molecule has 1 aromatic carbocycles. The van der Waals surface area contributed by atoms with E-state index in [1.807, 2.05) is 0 Å². The number of carbonyl (C=O) groups is 1. The van der Waals surface area contributed by atoms with Gasteiger partial charge in [-0.3, -0.25) is 14.8 Å². The molecule has 25 heavy (non-hydrogen) atoms. The second-order valence-corrected chi connectivity index (χ2v) is 5.46. The minimum Gasteiger partial charge on any atom is -0.406 e. The van der Waals surface area contributed by atoms with E-state index < -0.39 is 6.36 Å². The standard InChI is InChI=1S/C18H13F3N2O2/c1-11-3-2-4-16(23-11)17(24)9-12-7-8-22-15-6-5-13(10-14(12)15)25-18(19,20)21/h2-8,10H,9H2,1H3. The molecule has 128 valence electrons. The molecule has 3 rings (SSSR count). The third kappa shape index (κ3) is 4.12. The molecule has 0 bridgehead atoms. The number of pyridine rings is 2. The van der Waals surface area contributed by atoms with Crippen molar-refractivity contribution in [3.63, 3.8) is 0 Å². The van der Waals surface area contributed by atoms with Gasteiger partial charge in [-0.05, 0) is 48.9 Å². The number of aryl methyl sites for hydroxylation is 1. The topological polar surface area (TPSA) is 52.1 Å². The van der Waals surface area contributed by atoms with Crippen molar-refractivity contribution < 1.29 is 22.7 Å². The number of halogens is 3. The zero-order valence-corrected chi connectivity index (χ0v) is 13.2. The van der Waals surface area contributed by atoms with Crippen LogP contribution in [0.2, 0.25) is 0 Å². The summed E-state index contributed by atoms with van der Waals surface area (Å²) < 4.78 is 41.2. The Morgan fingerprint density at radius 1 is 1.16 bits per heavy atom. The van der Waals surface area contributed by atoms with E-state index in [1.54, 1.807) is 31.2 Å². The number of Topliss-reactive ketones (excluding diaryl/α,β-unsaturated/α-hetero) is 1. The number of aromatic nitrogens is 2. The lowest BCUT2D eigenvalue weighted by Crippen LogP contribution is -2.17. The number of ketones is 1. The lowest BCUT2D eigenvalue weighted by molar-refractivity contribution is -0.274. The summed E-state index contributed by atoms with van der Waals surface area (Å²) >= 11 is 0. The largest absolute Gasteiger partial charge is 0.573 e. The highest BCUT2D eigenvalue weighted by molar-refractivity contribution is 5.98. The maximum Gasteiger partial charge on any atom is 0.573 e. The summed E-state index contributed by atoms with van der Waals surface area (Å²) in [5, 5.41) is 0.435. The highest BCUT2D eigenvalue weighted by atomic mass is 19.4. The molecule has 0 N–H and O–H groups in total. The molecule has 4 nitrogen and oxygen atoms in total. The van der Waals surface area contributed by atoms with Gasteiger partial charge in [0, 0.05) is 23.7 Å². The van der Waals surface area contributed by atoms with E-state index >= 15 is 0 Å². The van der Waals surface area contributed by atoms with Crippen molar-refractivity contribution in [2.45, 2.75) is 19.7 Å². The number of ether oxygens (including phenoxy) is 1. The summed E-state index contributed by atoms with van der Waals surface area (Å²) in [5.41, 5.74) is 2.07. The molecule has 2 aromatic heterocycles. The van der Waals surface area contributed by atoms with Crippen LogP contribution in [-0.2, 0) is 6.42 Å². The Balaban J connectivity index is 1.95. The fraction of sp³-hybridized carbons (Fsp3) is 0.167. The number of fused-ring (bicyclic) bond motifs is 1. The highest BCUT2D eigenvalue weighted by Gasteiger charge is 2.31. The molecular formula is C18H13F3N2O2. The van der Waals surface area contributed by atoms with Crippen LogP contribution in [0.25, 0.3) is 10.9 Å². The Morgan fingerprint density at radius 3 is 2.68 bits per heavy atom. The van der Waals surface area contributed by atoms with Crippen LogP contribution in [0, 0.1) is 6.92 Å². The molecule has 0 amide bonds. The van der Waals surface area contributed by atoms with Gasteiger partial charge >= 0.3 is 6.36 Å². The fourth-order valence-corrected chi connectivity index (χ4v) is 2.50. The van der Waals surface area contributed by atoms with Crippen LogP contribution in [0.4, 0.5) is 13.2 Å². The number of alkyl halides is 3. The molecule has 0 aliphatic rings. The van der Waals surface area contributed by atoms with E-state index in [-0.39, 0.29) is 18.0 Å². The molecule has 0 saturated carbocycles. The first-order valence-corrected chi connectivity index (χ1v) is 7.42. The Labute approximate surface area is 141 Å². The average Bonchev–Trinajstić information content (AvgIpc) is 2.54. The third-order valence-corrected chi connectivity index (χ3v) is 3.56. The number of carbonyl (C=O) groups excluding carboxylic acids is 1. The van der Waals surface area contributed by atoms with Crippen LogP contribution in [0.3, 0.4) is 0 Å². The normalized spacial score (nSPS) is 11.5. The SMILES string of the molecule is Cc1cccc(C(=O)Cc2ccnc3ccc(OC(F)(F)F)cc23)n1. The summed E-state index contributed by atoms with van der Waals surface area (Å²) in [7, 11) is 0. The van der Waals surface area contributed by atoms with E-state index in [0.717, 1.165) is 0 Å². The number of rotatable bonds is 4. The van der Waals surface area contributed by atoms with Gasteiger partial charge in [0.15, 0.2) is 5.78 Å². The molecular weight excluding hydrogens is 333 g/mol. The van der Waals surface area contributed by atoms with E-state index in [1.165, 1.54) is 24.4 Å². The fourth-order valence-electron chi connectivity index (χ4n) is 2.50. The Hall–Kier alpha value is -2.96. The van der Waals surface area contributed by atoms with Crippen molar-refractivity contribution in [3.05, 3.63) is 65.6 Å². The first kappa shape index (κ1) is 16.9. The number of hydrogen-bond donors (Lipinski definition) is 0. The van der Waals surface area contributed by atoms with Crippen LogP contribution in [0.1, 0.15) is 21.7 Å². The zero-order valence-electron chi connectivity index (χ0n) is 13.2. The number of benzene rings is 1. The van der Waals surface area contributed by atoms with Gasteiger partial charge in [-0.15, -0.1) is 13.2 Å². The lowest BCUT2D eigenvalue weighted by Gasteiger charge is -2.11. The molecule has 0 atom stereocenters. The third-order valence-electron chi connectivity index (χ3n) is 3.56. The molecule has 7 heteroatoms. The predicted molar refractivity (Wildman–Crippen MR) is 85.4 cm³/mol. The monoisotopic (exact) mass is 346 g/mol. The highest BCUT2D eigenvalue weighted by Crippen LogP contribution is 2.28. The van der Waals surface area contributed by atoms with Crippen LogP contribution in [-0.4, -0.2) is 22.1 Å². The van der Waals surface area contributed by atoms with Gasteiger partial charge in [-0.1, -0.05) is 6.07 Å². The van der Waals surface area contributed by atoms with Gasteiger partial charge < -0.3 is 4.74 Å². The quantitative estimate of drug-likeness (QED) is 0.662. The van der Waals surface area contributed by atoms with E-state index in [2.05, 4.69) is 14.7 Å². The Morgan fingerprint density at radius 2 is 1.96 bits per heavy atom. The Kier molecular flexibility index (Phi) is 4.39. The Bertz CT molecular complexity index is 939. The molecule has 0 aliphatic carbocycles. The van der Waals surface area contributed by atoms with Crippen LogP contribution < -0.4 is 4.74 Å². The van der Waals surface area contributed by atoms with Gasteiger partial charge in [0.05, 0.1) is 5.52 Å². The van der Waals surface area contributed by atoms with Crippen molar-refractivity contribution in [1.29, 1.82) is 0 Å². The van der Waals surface area contributed by atoms with Gasteiger partial charge in [0.1, 0.15) is 11.4 Å². The van der Waals surface area contributed by atoms with Crippen molar-refractivity contribution in [1.82, 2.24) is 9.97 Å². The summed E-state index contributed by atoms with van der Waals surface area (Å²) in [4.78, 5) is 20.7. The van der Waals surface area contributed by atoms with E-state index in [4.69, 9.17) is 0 Å². The molecule has 0 fully saturated rings. The van der Waals surface area contributed by atoms with Gasteiger partial charge in [-0.25, -0.2) is 0 Å². The number of nitrogens with zero attached hydrogens (tertiary/aromatic N) is 2. The zero-order chi connectivity index (χ0) is 18.0. The van der Waals surface area contributed by atoms with E-state index in [9.17, 15) is 18.0 Å². The van der Waals surface area contributed by atoms with Crippen LogP contribution >= 0.6 is 0 Å². The van der Waals surface area contributed by atoms with Crippen LogP contribution in [0.5, 0.6) is 5.75 Å². The summed E-state index contributed by atoms with van der Waals surface area (Å²) in [6.07, 6.45) is -3.26. The molecule has 0 aliphatic heterocycles. The first-order chi connectivity index (χ1) is 11.8. The number of hydrogen-bond acceptors (Lipinski definition) is 4. The molecule has 2 heterocycles. The van der Waals surface area contributed by atoms with Crippen LogP contribution in [0.15, 0.2) is 48.7 Å². The molecule has 0 saturated heterocycles. The average molecular weight is 346 g/mol. The van der Waals surface area contributed by atoms with Gasteiger partial charge in [-0.2, -0.15) is 0 Å². The molecule has 3 aromatic rings. The minimum absolute atomic E-state index is 0.00491. The van der Waals surface area contributed by atoms with Gasteiger partial charge in [0.25, 0.3) is 0 Å². The second-order valence-electron chi connectivity index (χ2n) is 5.46. The molecule has 0 radical (unpaired) electrons. The predicted octanol–water partition coefficient (Wildman–Crippen LogP) is 4.26. The maximum absolute atomic E-state index is 12.4. The molecule has 0 unspecified atom stereocenters. The summed E-state index contributed by atoms with van der Waals surface area (Å²) in [6.45, 7) is 1.78. The van der Waals surface area contributed by atoms with Crippen molar-refractivity contribution in [2.24, 2.45) is 0 Å². The van der Waals surface area contributed by atoms with Crippen molar-refractivity contribution in [2.75, 3.05) is 0 Å². The lowest BCUT2D eigenvalue weighted by atomic mass is 10.0. The summed E-state index contributed by atoms with van der Waals surface area (Å²) in [5.74, 6) is -0.575.